The van der Waals surface area contributed by atoms with Crippen molar-refractivity contribution < 1.29 is 9.53 Å². The molecule has 150 valence electrons. The van der Waals surface area contributed by atoms with Gasteiger partial charge in [0, 0.05) is 5.56 Å². The Bertz CT molecular complexity index is 1390. The zero-order valence-electron chi connectivity index (χ0n) is 16.8. The summed E-state index contributed by atoms with van der Waals surface area (Å²) in [4.78, 5) is 12.2. The predicted octanol–water partition coefficient (Wildman–Crippen LogP) is 5.68. The number of hydrogen-bond donors (Lipinski definition) is 1. The van der Waals surface area contributed by atoms with Gasteiger partial charge in [0.1, 0.15) is 5.75 Å². The molecular formula is C27H20N2O2. The quantitative estimate of drug-likeness (QED) is 0.233. The molecule has 0 aliphatic heterocycles. The number of rotatable bonds is 5. The van der Waals surface area contributed by atoms with Gasteiger partial charge in [-0.25, -0.2) is 5.43 Å². The second kappa shape index (κ2) is 8.28. The summed E-state index contributed by atoms with van der Waals surface area (Å²) in [6, 6.07) is 32.3. The minimum absolute atomic E-state index is 0.105. The van der Waals surface area contributed by atoms with Gasteiger partial charge >= 0.3 is 0 Å². The van der Waals surface area contributed by atoms with Crippen LogP contribution in [0.5, 0.6) is 5.75 Å². The van der Waals surface area contributed by atoms with E-state index < -0.39 is 0 Å². The summed E-state index contributed by atoms with van der Waals surface area (Å²) in [5.41, 5.74) is 3.55. The molecule has 0 fully saturated rings. The highest BCUT2D eigenvalue weighted by Gasteiger charge is 2.06. The van der Waals surface area contributed by atoms with Crippen LogP contribution in [0.1, 0.15) is 5.56 Å². The van der Waals surface area contributed by atoms with Gasteiger partial charge in [0.15, 0.2) is 6.61 Å². The first-order valence-corrected chi connectivity index (χ1v) is 10.1. The fourth-order valence-corrected chi connectivity index (χ4v) is 3.80. The number of amides is 1. The van der Waals surface area contributed by atoms with Crippen LogP contribution in [-0.2, 0) is 4.79 Å². The van der Waals surface area contributed by atoms with Gasteiger partial charge in [-0.2, -0.15) is 5.10 Å². The molecule has 4 nitrogen and oxygen atoms in total. The molecule has 4 heteroatoms. The summed E-state index contributed by atoms with van der Waals surface area (Å²) in [7, 11) is 0. The molecule has 0 heterocycles. The maximum atomic E-state index is 12.2. The Hall–Kier alpha value is -4.18. The third-order valence-corrected chi connectivity index (χ3v) is 5.29. The fraction of sp³-hybridized carbons (Fsp3) is 0.0370. The third kappa shape index (κ3) is 3.96. The highest BCUT2D eigenvalue weighted by molar-refractivity contribution is 6.13. The molecule has 0 unspecified atom stereocenters. The molecule has 1 N–H and O–H groups in total. The summed E-state index contributed by atoms with van der Waals surface area (Å²) < 4.78 is 5.63. The number of fused-ring (bicyclic) bond motifs is 3. The van der Waals surface area contributed by atoms with Gasteiger partial charge in [-0.1, -0.05) is 78.9 Å². The predicted molar refractivity (Wildman–Crippen MR) is 127 cm³/mol. The number of carbonyl (C=O) groups excluding carboxylic acids is 1. The minimum Gasteiger partial charge on any atom is -0.484 e. The van der Waals surface area contributed by atoms with Crippen LogP contribution in [0.4, 0.5) is 0 Å². The lowest BCUT2D eigenvalue weighted by molar-refractivity contribution is -0.123. The Morgan fingerprint density at radius 3 is 2.06 bits per heavy atom. The SMILES string of the molecule is O=C(COc1ccc2ccccc2c1)N/N=C/c1c2ccccc2cc2ccccc12. The fourth-order valence-electron chi connectivity index (χ4n) is 3.80. The molecule has 5 aromatic rings. The number of hydrazone groups is 1. The minimum atomic E-state index is -0.311. The van der Waals surface area contributed by atoms with E-state index in [2.05, 4.69) is 40.9 Å². The van der Waals surface area contributed by atoms with Gasteiger partial charge in [0.25, 0.3) is 5.91 Å². The van der Waals surface area contributed by atoms with Gasteiger partial charge < -0.3 is 4.74 Å². The van der Waals surface area contributed by atoms with E-state index in [9.17, 15) is 4.79 Å². The van der Waals surface area contributed by atoms with Crippen molar-refractivity contribution >= 4 is 44.4 Å². The van der Waals surface area contributed by atoms with Gasteiger partial charge in [0.05, 0.1) is 6.21 Å². The summed E-state index contributed by atoms with van der Waals surface area (Å²) >= 11 is 0. The number of ether oxygens (including phenoxy) is 1. The number of hydrogen-bond acceptors (Lipinski definition) is 3. The monoisotopic (exact) mass is 404 g/mol. The molecule has 0 atom stereocenters. The van der Waals surface area contributed by atoms with Crippen molar-refractivity contribution in [2.45, 2.75) is 0 Å². The Morgan fingerprint density at radius 1 is 0.742 bits per heavy atom. The van der Waals surface area contributed by atoms with Crippen molar-refractivity contribution in [3.63, 3.8) is 0 Å². The zero-order valence-corrected chi connectivity index (χ0v) is 16.8. The van der Waals surface area contributed by atoms with Gasteiger partial charge in [-0.3, -0.25) is 4.79 Å². The Kier molecular flexibility index (Phi) is 5.03. The highest BCUT2D eigenvalue weighted by Crippen LogP contribution is 2.27. The molecule has 5 rings (SSSR count). The second-order valence-corrected chi connectivity index (χ2v) is 7.32. The van der Waals surface area contributed by atoms with E-state index >= 15 is 0 Å². The van der Waals surface area contributed by atoms with Gasteiger partial charge in [-0.05, 0) is 50.5 Å². The van der Waals surface area contributed by atoms with Crippen molar-refractivity contribution in [2.75, 3.05) is 6.61 Å². The molecule has 0 radical (unpaired) electrons. The Morgan fingerprint density at radius 2 is 1.35 bits per heavy atom. The first-order valence-electron chi connectivity index (χ1n) is 10.1. The summed E-state index contributed by atoms with van der Waals surface area (Å²) in [5, 5.41) is 10.8. The van der Waals surface area contributed by atoms with Crippen molar-refractivity contribution in [3.05, 3.63) is 103 Å². The molecule has 0 spiro atoms. The van der Waals surface area contributed by atoms with Crippen LogP contribution in [0.3, 0.4) is 0 Å². The molecule has 31 heavy (non-hydrogen) atoms. The summed E-state index contributed by atoms with van der Waals surface area (Å²) in [5.74, 6) is 0.340. The molecule has 5 aromatic carbocycles. The van der Waals surface area contributed by atoms with E-state index in [1.54, 1.807) is 6.21 Å². The van der Waals surface area contributed by atoms with Crippen LogP contribution in [0.15, 0.2) is 102 Å². The average Bonchev–Trinajstić information content (AvgIpc) is 2.82. The van der Waals surface area contributed by atoms with Gasteiger partial charge in [-0.15, -0.1) is 0 Å². The Labute approximate surface area is 179 Å². The lowest BCUT2D eigenvalue weighted by Gasteiger charge is -2.08. The van der Waals surface area contributed by atoms with Crippen molar-refractivity contribution in [3.8, 4) is 5.75 Å². The smallest absolute Gasteiger partial charge is 0.277 e. The molecule has 0 aromatic heterocycles. The first kappa shape index (κ1) is 18.8. The number of nitrogens with zero attached hydrogens (tertiary/aromatic N) is 1. The summed E-state index contributed by atoms with van der Waals surface area (Å²) in [6.07, 6.45) is 1.71. The summed E-state index contributed by atoms with van der Waals surface area (Å²) in [6.45, 7) is -0.105. The average molecular weight is 404 g/mol. The van der Waals surface area contributed by atoms with Crippen LogP contribution < -0.4 is 10.2 Å². The Balaban J connectivity index is 1.31. The van der Waals surface area contributed by atoms with Crippen LogP contribution in [0, 0.1) is 0 Å². The van der Waals surface area contributed by atoms with E-state index in [0.29, 0.717) is 5.75 Å². The molecule has 0 aliphatic rings. The van der Waals surface area contributed by atoms with Gasteiger partial charge in [0.2, 0.25) is 0 Å². The van der Waals surface area contributed by atoms with Crippen molar-refractivity contribution in [1.82, 2.24) is 5.43 Å². The van der Waals surface area contributed by atoms with E-state index in [4.69, 9.17) is 4.74 Å². The van der Waals surface area contributed by atoms with Crippen LogP contribution >= 0.6 is 0 Å². The second-order valence-electron chi connectivity index (χ2n) is 7.32. The van der Waals surface area contributed by atoms with Crippen molar-refractivity contribution in [2.24, 2.45) is 5.10 Å². The molecule has 0 saturated carbocycles. The molecule has 0 aliphatic carbocycles. The number of benzene rings is 5. The van der Waals surface area contributed by atoms with E-state index in [1.807, 2.05) is 66.7 Å². The standard InChI is InChI=1S/C27H20N2O2/c30-27(18-31-23-14-13-19-7-1-2-8-20(19)16-23)29-28-17-26-24-11-5-3-9-21(24)15-22-10-4-6-12-25(22)26/h1-17H,18H2,(H,29,30)/b28-17+. The largest absolute Gasteiger partial charge is 0.484 e. The lowest BCUT2D eigenvalue weighted by atomic mass is 9.97. The maximum absolute atomic E-state index is 12.2. The lowest BCUT2D eigenvalue weighted by Crippen LogP contribution is -2.24. The van der Waals surface area contributed by atoms with Crippen LogP contribution in [-0.4, -0.2) is 18.7 Å². The normalized spacial score (nSPS) is 11.4. The molecule has 0 bridgehead atoms. The van der Waals surface area contributed by atoms with E-state index in [1.165, 1.54) is 0 Å². The molecular weight excluding hydrogens is 384 g/mol. The van der Waals surface area contributed by atoms with Crippen LogP contribution in [0.25, 0.3) is 32.3 Å². The number of nitrogens with one attached hydrogen (secondary N) is 1. The highest BCUT2D eigenvalue weighted by atomic mass is 16.5. The first-order chi connectivity index (χ1) is 15.3. The van der Waals surface area contributed by atoms with Crippen molar-refractivity contribution in [1.29, 1.82) is 0 Å². The zero-order chi connectivity index (χ0) is 21.0. The maximum Gasteiger partial charge on any atom is 0.277 e. The molecule has 0 saturated heterocycles. The molecule has 1 amide bonds. The topological polar surface area (TPSA) is 50.7 Å². The third-order valence-electron chi connectivity index (χ3n) is 5.29. The number of carbonyl (C=O) groups is 1. The van der Waals surface area contributed by atoms with Crippen LogP contribution in [0.2, 0.25) is 0 Å². The van der Waals surface area contributed by atoms with E-state index in [0.717, 1.165) is 37.9 Å². The van der Waals surface area contributed by atoms with E-state index in [-0.39, 0.29) is 12.5 Å².